The van der Waals surface area contributed by atoms with Gasteiger partial charge in [0.05, 0.1) is 15.2 Å². The first-order valence-electron chi connectivity index (χ1n) is 9.97. The standard InChI is InChI=1S/C21H28N2OS/c24-21(23(16-8-1-2-9-16)17-10-3-4-11-17)15-7-14-20-22-18-12-5-6-13-19(18)25-20/h5-6,12-13,16-17H,1-4,7-11,14-15H2. The molecular formula is C21H28N2OS. The summed E-state index contributed by atoms with van der Waals surface area (Å²) in [6.45, 7) is 0. The van der Waals surface area contributed by atoms with E-state index < -0.39 is 0 Å². The third-order valence-corrected chi connectivity index (χ3v) is 6.94. The highest BCUT2D eigenvalue weighted by molar-refractivity contribution is 7.18. The Morgan fingerprint density at radius 1 is 1.04 bits per heavy atom. The predicted octanol–water partition coefficient (Wildman–Crippen LogP) is 5.33. The van der Waals surface area contributed by atoms with E-state index in [1.165, 1.54) is 61.1 Å². The van der Waals surface area contributed by atoms with Crippen LogP contribution in [0.4, 0.5) is 0 Å². The Morgan fingerprint density at radius 2 is 1.68 bits per heavy atom. The number of carbonyl (C=O) groups excluding carboxylic acids is 1. The highest BCUT2D eigenvalue weighted by atomic mass is 32.1. The highest BCUT2D eigenvalue weighted by Crippen LogP contribution is 2.32. The van der Waals surface area contributed by atoms with Gasteiger partial charge in [-0.3, -0.25) is 4.79 Å². The molecule has 1 heterocycles. The first-order chi connectivity index (χ1) is 12.3. The molecule has 0 spiro atoms. The molecule has 25 heavy (non-hydrogen) atoms. The van der Waals surface area contributed by atoms with Gasteiger partial charge in [-0.2, -0.15) is 0 Å². The molecule has 0 aliphatic heterocycles. The van der Waals surface area contributed by atoms with Crippen LogP contribution < -0.4 is 0 Å². The summed E-state index contributed by atoms with van der Waals surface area (Å²) >= 11 is 1.77. The van der Waals surface area contributed by atoms with Crippen LogP contribution in [0.1, 0.15) is 69.2 Å². The van der Waals surface area contributed by atoms with Gasteiger partial charge in [-0.05, 0) is 50.7 Å². The molecule has 0 radical (unpaired) electrons. The molecule has 2 aromatic rings. The van der Waals surface area contributed by atoms with Gasteiger partial charge in [0, 0.05) is 18.5 Å². The molecule has 1 aromatic carbocycles. The third kappa shape index (κ3) is 3.89. The van der Waals surface area contributed by atoms with Crippen molar-refractivity contribution in [3.63, 3.8) is 0 Å². The van der Waals surface area contributed by atoms with E-state index in [1.807, 2.05) is 6.07 Å². The zero-order chi connectivity index (χ0) is 17.1. The van der Waals surface area contributed by atoms with Gasteiger partial charge in [0.2, 0.25) is 5.91 Å². The summed E-state index contributed by atoms with van der Waals surface area (Å²) in [6, 6.07) is 9.35. The number of para-hydroxylation sites is 1. The average molecular weight is 357 g/mol. The molecule has 1 amide bonds. The lowest BCUT2D eigenvalue weighted by atomic mass is 10.1. The van der Waals surface area contributed by atoms with E-state index >= 15 is 0 Å². The molecule has 2 aliphatic carbocycles. The largest absolute Gasteiger partial charge is 0.337 e. The number of aryl methyl sites for hydroxylation is 1. The van der Waals surface area contributed by atoms with E-state index in [-0.39, 0.29) is 0 Å². The Balaban J connectivity index is 1.35. The molecule has 1 aromatic heterocycles. The molecule has 0 unspecified atom stereocenters. The molecule has 3 nitrogen and oxygen atoms in total. The lowest BCUT2D eigenvalue weighted by Gasteiger charge is -2.35. The van der Waals surface area contributed by atoms with E-state index in [4.69, 9.17) is 4.98 Å². The number of nitrogens with zero attached hydrogens (tertiary/aromatic N) is 2. The molecule has 4 rings (SSSR count). The van der Waals surface area contributed by atoms with Crippen molar-refractivity contribution in [1.82, 2.24) is 9.88 Å². The van der Waals surface area contributed by atoms with Crippen molar-refractivity contribution in [2.24, 2.45) is 0 Å². The average Bonchev–Trinajstić information content (AvgIpc) is 3.37. The van der Waals surface area contributed by atoms with Crippen LogP contribution in [-0.4, -0.2) is 27.9 Å². The van der Waals surface area contributed by atoms with Gasteiger partial charge >= 0.3 is 0 Å². The second kappa shape index (κ2) is 7.86. The lowest BCUT2D eigenvalue weighted by molar-refractivity contribution is -0.136. The number of hydrogen-bond acceptors (Lipinski definition) is 3. The number of hydrogen-bond donors (Lipinski definition) is 0. The van der Waals surface area contributed by atoms with Crippen LogP contribution in [0.5, 0.6) is 0 Å². The lowest BCUT2D eigenvalue weighted by Crippen LogP contribution is -2.45. The van der Waals surface area contributed by atoms with Crippen LogP contribution in [0.25, 0.3) is 10.2 Å². The molecule has 134 valence electrons. The number of fused-ring (bicyclic) bond motifs is 1. The highest BCUT2D eigenvalue weighted by Gasteiger charge is 2.33. The molecule has 4 heteroatoms. The molecule has 2 aliphatic rings. The summed E-state index contributed by atoms with van der Waals surface area (Å²) in [7, 11) is 0. The van der Waals surface area contributed by atoms with Gasteiger partial charge < -0.3 is 4.90 Å². The zero-order valence-corrected chi connectivity index (χ0v) is 15.8. The number of amides is 1. The fourth-order valence-corrected chi connectivity index (χ4v) is 5.63. The van der Waals surface area contributed by atoms with E-state index in [1.54, 1.807) is 11.3 Å². The number of thiazole rings is 1. The summed E-state index contributed by atoms with van der Waals surface area (Å²) in [5.74, 6) is 0.403. The Bertz CT molecular complexity index is 665. The van der Waals surface area contributed by atoms with Crippen molar-refractivity contribution in [1.29, 1.82) is 0 Å². The normalized spacial score (nSPS) is 19.0. The van der Waals surface area contributed by atoms with E-state index in [9.17, 15) is 4.79 Å². The van der Waals surface area contributed by atoms with Crippen LogP contribution in [0.2, 0.25) is 0 Å². The Labute approximate surface area is 154 Å². The maximum absolute atomic E-state index is 13.0. The van der Waals surface area contributed by atoms with Gasteiger partial charge in [0.15, 0.2) is 0 Å². The fraction of sp³-hybridized carbons (Fsp3) is 0.619. The zero-order valence-electron chi connectivity index (χ0n) is 15.0. The Morgan fingerprint density at radius 3 is 2.32 bits per heavy atom. The van der Waals surface area contributed by atoms with Crippen LogP contribution in [-0.2, 0) is 11.2 Å². The second-order valence-electron chi connectivity index (χ2n) is 7.61. The van der Waals surface area contributed by atoms with Crippen LogP contribution >= 0.6 is 11.3 Å². The Kier molecular flexibility index (Phi) is 5.35. The number of carbonyl (C=O) groups is 1. The minimum absolute atomic E-state index is 0.403. The van der Waals surface area contributed by atoms with Crippen molar-refractivity contribution in [2.75, 3.05) is 0 Å². The fourth-order valence-electron chi connectivity index (χ4n) is 4.62. The molecule has 2 fully saturated rings. The molecule has 2 saturated carbocycles. The maximum atomic E-state index is 13.0. The third-order valence-electron chi connectivity index (χ3n) is 5.84. The quantitative estimate of drug-likeness (QED) is 0.700. The van der Waals surface area contributed by atoms with Crippen molar-refractivity contribution in [2.45, 2.75) is 82.7 Å². The van der Waals surface area contributed by atoms with E-state index in [0.29, 0.717) is 24.4 Å². The van der Waals surface area contributed by atoms with Crippen molar-refractivity contribution < 1.29 is 4.79 Å². The summed E-state index contributed by atoms with van der Waals surface area (Å²) in [4.78, 5) is 20.0. The molecule has 0 bridgehead atoms. The van der Waals surface area contributed by atoms with Gasteiger partial charge in [-0.15, -0.1) is 11.3 Å². The number of aromatic nitrogens is 1. The van der Waals surface area contributed by atoms with Crippen LogP contribution in [0, 0.1) is 0 Å². The summed E-state index contributed by atoms with van der Waals surface area (Å²) in [5, 5.41) is 1.17. The van der Waals surface area contributed by atoms with Gasteiger partial charge in [0.1, 0.15) is 0 Å². The van der Waals surface area contributed by atoms with Crippen molar-refractivity contribution in [3.8, 4) is 0 Å². The van der Waals surface area contributed by atoms with Gasteiger partial charge in [0.25, 0.3) is 0 Å². The predicted molar refractivity (Wildman–Crippen MR) is 104 cm³/mol. The minimum Gasteiger partial charge on any atom is -0.337 e. The molecule has 0 N–H and O–H groups in total. The number of rotatable bonds is 6. The molecule has 0 saturated heterocycles. The molecule has 0 atom stereocenters. The smallest absolute Gasteiger partial charge is 0.223 e. The Hall–Kier alpha value is -1.42. The van der Waals surface area contributed by atoms with Gasteiger partial charge in [-0.1, -0.05) is 37.8 Å². The first-order valence-corrected chi connectivity index (χ1v) is 10.8. The van der Waals surface area contributed by atoms with Crippen LogP contribution in [0.15, 0.2) is 24.3 Å². The monoisotopic (exact) mass is 356 g/mol. The maximum Gasteiger partial charge on any atom is 0.223 e. The first kappa shape index (κ1) is 17.0. The minimum atomic E-state index is 0.403. The van der Waals surface area contributed by atoms with E-state index in [0.717, 1.165) is 18.4 Å². The number of benzene rings is 1. The van der Waals surface area contributed by atoms with Crippen LogP contribution in [0.3, 0.4) is 0 Å². The van der Waals surface area contributed by atoms with Gasteiger partial charge in [-0.25, -0.2) is 4.98 Å². The van der Waals surface area contributed by atoms with Crippen molar-refractivity contribution >= 4 is 27.5 Å². The van der Waals surface area contributed by atoms with Crippen molar-refractivity contribution in [3.05, 3.63) is 29.3 Å². The topological polar surface area (TPSA) is 33.2 Å². The summed E-state index contributed by atoms with van der Waals surface area (Å²) < 4.78 is 1.25. The molecular weight excluding hydrogens is 328 g/mol. The SMILES string of the molecule is O=C(CCCc1nc2ccccc2s1)N(C1CCCC1)C1CCCC1. The summed E-state index contributed by atoms with van der Waals surface area (Å²) in [5.41, 5.74) is 1.09. The summed E-state index contributed by atoms with van der Waals surface area (Å²) in [6.07, 6.45) is 12.6. The second-order valence-corrected chi connectivity index (χ2v) is 8.72. The van der Waals surface area contributed by atoms with E-state index in [2.05, 4.69) is 23.1 Å².